The highest BCUT2D eigenvalue weighted by atomic mass is 19.1. The standard InChI is InChI=1S/C24H25FN4O2/c1-17-22(18(2)29(26-17)21-10-8-20(25)9-11-21)16-23(30)27-12-14-28(15-13-27)24(31)19-6-4-3-5-7-19/h3-11H,12-16H2,1-2H3. The predicted octanol–water partition coefficient (Wildman–Crippen LogP) is 3.16. The summed E-state index contributed by atoms with van der Waals surface area (Å²) in [5.74, 6) is -0.276. The summed E-state index contributed by atoms with van der Waals surface area (Å²) in [5, 5.41) is 4.55. The molecule has 7 heteroatoms. The van der Waals surface area contributed by atoms with E-state index in [1.54, 1.807) is 21.7 Å². The van der Waals surface area contributed by atoms with Crippen LogP contribution in [0.5, 0.6) is 0 Å². The minimum atomic E-state index is -0.300. The molecule has 1 aliphatic heterocycles. The van der Waals surface area contributed by atoms with E-state index in [1.165, 1.54) is 12.1 Å². The summed E-state index contributed by atoms with van der Waals surface area (Å²) in [6.45, 7) is 5.87. The van der Waals surface area contributed by atoms with Crippen molar-refractivity contribution in [2.24, 2.45) is 0 Å². The molecule has 0 atom stereocenters. The van der Waals surface area contributed by atoms with Crippen molar-refractivity contribution in [1.82, 2.24) is 19.6 Å². The number of nitrogens with zero attached hydrogens (tertiary/aromatic N) is 4. The summed E-state index contributed by atoms with van der Waals surface area (Å²) in [7, 11) is 0. The van der Waals surface area contributed by atoms with Gasteiger partial charge in [-0.2, -0.15) is 5.10 Å². The van der Waals surface area contributed by atoms with Crippen LogP contribution in [0.1, 0.15) is 27.3 Å². The fraction of sp³-hybridized carbons (Fsp3) is 0.292. The van der Waals surface area contributed by atoms with Crippen LogP contribution < -0.4 is 0 Å². The number of halogens is 1. The Morgan fingerprint density at radius 1 is 0.903 bits per heavy atom. The van der Waals surface area contributed by atoms with Crippen LogP contribution in [-0.4, -0.2) is 57.6 Å². The Hall–Kier alpha value is -3.48. The number of aryl methyl sites for hydroxylation is 1. The third-order valence-electron chi connectivity index (χ3n) is 5.78. The van der Waals surface area contributed by atoms with Crippen molar-refractivity contribution in [2.45, 2.75) is 20.3 Å². The van der Waals surface area contributed by atoms with Gasteiger partial charge in [-0.15, -0.1) is 0 Å². The summed E-state index contributed by atoms with van der Waals surface area (Å²) in [6.07, 6.45) is 0.255. The molecule has 0 bridgehead atoms. The van der Waals surface area contributed by atoms with Crippen LogP contribution in [0.25, 0.3) is 5.69 Å². The van der Waals surface area contributed by atoms with Crippen molar-refractivity contribution in [3.8, 4) is 5.69 Å². The first kappa shape index (κ1) is 20.8. The largest absolute Gasteiger partial charge is 0.339 e. The maximum atomic E-state index is 13.2. The number of rotatable bonds is 4. The van der Waals surface area contributed by atoms with E-state index in [4.69, 9.17) is 0 Å². The summed E-state index contributed by atoms with van der Waals surface area (Å²) in [6, 6.07) is 15.3. The first-order valence-corrected chi connectivity index (χ1v) is 10.4. The second-order valence-electron chi connectivity index (χ2n) is 7.75. The molecule has 0 N–H and O–H groups in total. The molecule has 0 aliphatic carbocycles. The number of hydrogen-bond donors (Lipinski definition) is 0. The van der Waals surface area contributed by atoms with E-state index in [1.807, 2.05) is 49.1 Å². The van der Waals surface area contributed by atoms with E-state index in [0.29, 0.717) is 31.7 Å². The van der Waals surface area contributed by atoms with Gasteiger partial charge in [0.15, 0.2) is 0 Å². The average Bonchev–Trinajstić information content (AvgIpc) is 3.08. The minimum Gasteiger partial charge on any atom is -0.339 e. The van der Waals surface area contributed by atoms with Crippen molar-refractivity contribution in [3.63, 3.8) is 0 Å². The van der Waals surface area contributed by atoms with Gasteiger partial charge in [0, 0.05) is 43.0 Å². The van der Waals surface area contributed by atoms with Gasteiger partial charge in [0.2, 0.25) is 5.91 Å². The molecule has 0 saturated carbocycles. The molecule has 1 saturated heterocycles. The van der Waals surface area contributed by atoms with E-state index < -0.39 is 0 Å². The Kier molecular flexibility index (Phi) is 5.84. The number of hydrogen-bond acceptors (Lipinski definition) is 3. The smallest absolute Gasteiger partial charge is 0.253 e. The van der Waals surface area contributed by atoms with E-state index in [2.05, 4.69) is 5.10 Å². The summed E-state index contributed by atoms with van der Waals surface area (Å²) in [4.78, 5) is 29.2. The molecule has 2 aromatic carbocycles. The number of carbonyl (C=O) groups excluding carboxylic acids is 2. The fourth-order valence-electron chi connectivity index (χ4n) is 3.95. The predicted molar refractivity (Wildman–Crippen MR) is 116 cm³/mol. The average molecular weight is 420 g/mol. The Balaban J connectivity index is 1.40. The minimum absolute atomic E-state index is 0.0000351. The Morgan fingerprint density at radius 2 is 1.52 bits per heavy atom. The number of carbonyl (C=O) groups is 2. The summed E-state index contributed by atoms with van der Waals surface area (Å²) in [5.41, 5.74) is 3.97. The zero-order chi connectivity index (χ0) is 22.0. The first-order valence-electron chi connectivity index (χ1n) is 10.4. The van der Waals surface area contributed by atoms with Crippen LogP contribution in [0, 0.1) is 19.7 Å². The van der Waals surface area contributed by atoms with Crippen LogP contribution in [0.4, 0.5) is 4.39 Å². The van der Waals surface area contributed by atoms with Gasteiger partial charge in [-0.25, -0.2) is 9.07 Å². The van der Waals surface area contributed by atoms with E-state index in [9.17, 15) is 14.0 Å². The van der Waals surface area contributed by atoms with Crippen LogP contribution in [0.2, 0.25) is 0 Å². The molecule has 6 nitrogen and oxygen atoms in total. The topological polar surface area (TPSA) is 58.4 Å². The molecule has 1 aliphatic rings. The van der Waals surface area contributed by atoms with Gasteiger partial charge < -0.3 is 9.80 Å². The van der Waals surface area contributed by atoms with Crippen molar-refractivity contribution in [3.05, 3.63) is 82.9 Å². The zero-order valence-electron chi connectivity index (χ0n) is 17.7. The quantitative estimate of drug-likeness (QED) is 0.652. The first-order chi connectivity index (χ1) is 14.9. The van der Waals surface area contributed by atoms with Gasteiger partial charge in [-0.3, -0.25) is 9.59 Å². The molecule has 0 unspecified atom stereocenters. The maximum absolute atomic E-state index is 13.2. The fourth-order valence-corrected chi connectivity index (χ4v) is 3.95. The molecular weight excluding hydrogens is 395 g/mol. The molecule has 3 aromatic rings. The van der Waals surface area contributed by atoms with Gasteiger partial charge in [0.05, 0.1) is 17.8 Å². The third kappa shape index (κ3) is 4.35. The molecule has 31 heavy (non-hydrogen) atoms. The second kappa shape index (κ2) is 8.71. The van der Waals surface area contributed by atoms with Gasteiger partial charge in [-0.1, -0.05) is 18.2 Å². The monoisotopic (exact) mass is 420 g/mol. The molecule has 1 fully saturated rings. The van der Waals surface area contributed by atoms with Crippen molar-refractivity contribution >= 4 is 11.8 Å². The summed E-state index contributed by atoms with van der Waals surface area (Å²) < 4.78 is 15.0. The third-order valence-corrected chi connectivity index (χ3v) is 5.78. The lowest BCUT2D eigenvalue weighted by molar-refractivity contribution is -0.131. The molecule has 2 amide bonds. The van der Waals surface area contributed by atoms with Gasteiger partial charge in [-0.05, 0) is 50.2 Å². The van der Waals surface area contributed by atoms with Crippen molar-refractivity contribution < 1.29 is 14.0 Å². The molecular formula is C24H25FN4O2. The van der Waals surface area contributed by atoms with Crippen LogP contribution in [0.3, 0.4) is 0 Å². The van der Waals surface area contributed by atoms with E-state index >= 15 is 0 Å². The number of benzene rings is 2. The molecule has 160 valence electrons. The van der Waals surface area contributed by atoms with Gasteiger partial charge in [0.1, 0.15) is 5.82 Å². The lowest BCUT2D eigenvalue weighted by Crippen LogP contribution is -2.51. The normalized spacial score (nSPS) is 14.0. The molecule has 4 rings (SSSR count). The molecule has 0 radical (unpaired) electrons. The Bertz CT molecular complexity index is 1080. The number of aromatic nitrogens is 2. The van der Waals surface area contributed by atoms with Crippen LogP contribution in [0.15, 0.2) is 54.6 Å². The second-order valence-corrected chi connectivity index (χ2v) is 7.75. The van der Waals surface area contributed by atoms with Gasteiger partial charge >= 0.3 is 0 Å². The lowest BCUT2D eigenvalue weighted by atomic mass is 10.1. The Labute approximate surface area is 180 Å². The SMILES string of the molecule is Cc1nn(-c2ccc(F)cc2)c(C)c1CC(=O)N1CCN(C(=O)c2ccccc2)CC1. The van der Waals surface area contributed by atoms with Crippen LogP contribution in [-0.2, 0) is 11.2 Å². The highest BCUT2D eigenvalue weighted by Gasteiger charge is 2.26. The van der Waals surface area contributed by atoms with Gasteiger partial charge in [0.25, 0.3) is 5.91 Å². The Morgan fingerprint density at radius 3 is 2.16 bits per heavy atom. The number of amides is 2. The molecule has 2 heterocycles. The van der Waals surface area contributed by atoms with Crippen LogP contribution >= 0.6 is 0 Å². The highest BCUT2D eigenvalue weighted by Crippen LogP contribution is 2.20. The van der Waals surface area contributed by atoms with E-state index in [0.717, 1.165) is 22.6 Å². The summed E-state index contributed by atoms with van der Waals surface area (Å²) >= 11 is 0. The van der Waals surface area contributed by atoms with Crippen molar-refractivity contribution in [2.75, 3.05) is 26.2 Å². The molecule has 0 spiro atoms. The number of piperazine rings is 1. The highest BCUT2D eigenvalue weighted by molar-refractivity contribution is 5.94. The maximum Gasteiger partial charge on any atom is 0.253 e. The van der Waals surface area contributed by atoms with Crippen molar-refractivity contribution in [1.29, 1.82) is 0 Å². The van der Waals surface area contributed by atoms with E-state index in [-0.39, 0.29) is 24.1 Å². The molecule has 1 aromatic heterocycles. The zero-order valence-corrected chi connectivity index (χ0v) is 17.7. The lowest BCUT2D eigenvalue weighted by Gasteiger charge is -2.35.